The smallest absolute Gasteiger partial charge is 0.227 e. The van der Waals surface area contributed by atoms with Gasteiger partial charge in [0.05, 0.1) is 17.1 Å². The number of carbonyl (C=O) groups is 1. The Morgan fingerprint density at radius 1 is 1.24 bits per heavy atom. The van der Waals surface area contributed by atoms with Gasteiger partial charge in [0.25, 0.3) is 0 Å². The van der Waals surface area contributed by atoms with Gasteiger partial charge in [0.15, 0.2) is 0 Å². The predicted octanol–water partition coefficient (Wildman–Crippen LogP) is 0.761. The average Bonchev–Trinajstić information content (AvgIpc) is 2.76. The van der Waals surface area contributed by atoms with Crippen LogP contribution in [0, 0.1) is 13.8 Å². The van der Waals surface area contributed by atoms with E-state index in [1.807, 2.05) is 13.8 Å². The minimum absolute atomic E-state index is 0.259. The molecule has 116 valence electrons. The molecule has 0 aromatic carbocycles. The van der Waals surface area contributed by atoms with Gasteiger partial charge in [-0.05, 0) is 20.9 Å². The summed E-state index contributed by atoms with van der Waals surface area (Å²) < 4.78 is 0. The molecule has 0 spiro atoms. The first-order chi connectivity index (χ1) is 10.0. The zero-order valence-corrected chi connectivity index (χ0v) is 13.9. The average molecular weight is 308 g/mol. The van der Waals surface area contributed by atoms with E-state index in [2.05, 4.69) is 26.7 Å². The predicted molar refractivity (Wildman–Crippen MR) is 84.7 cm³/mol. The summed E-state index contributed by atoms with van der Waals surface area (Å²) in [7, 11) is 2.17. The van der Waals surface area contributed by atoms with Crippen molar-refractivity contribution in [2.24, 2.45) is 0 Å². The maximum atomic E-state index is 12.6. The molecular formula is C15H24N4OS. The van der Waals surface area contributed by atoms with E-state index in [0.717, 1.165) is 54.8 Å². The summed E-state index contributed by atoms with van der Waals surface area (Å²) in [5.74, 6) is 0.259. The molecule has 1 aromatic heterocycles. The van der Waals surface area contributed by atoms with Gasteiger partial charge in [-0.2, -0.15) is 0 Å². The quantitative estimate of drug-likeness (QED) is 0.809. The van der Waals surface area contributed by atoms with E-state index in [4.69, 9.17) is 0 Å². The Balaban J connectivity index is 1.62. The van der Waals surface area contributed by atoms with Gasteiger partial charge in [-0.15, -0.1) is 11.3 Å². The topological polar surface area (TPSA) is 39.7 Å². The van der Waals surface area contributed by atoms with E-state index >= 15 is 0 Å². The maximum Gasteiger partial charge on any atom is 0.227 e. The summed E-state index contributed by atoms with van der Waals surface area (Å²) in [4.78, 5) is 25.1. The molecule has 2 aliphatic rings. The van der Waals surface area contributed by atoms with Crippen LogP contribution in [-0.4, -0.2) is 77.9 Å². The molecule has 0 N–H and O–H groups in total. The molecule has 0 bridgehead atoms. The normalized spacial score (nSPS) is 24.1. The molecule has 0 aliphatic carbocycles. The summed E-state index contributed by atoms with van der Waals surface area (Å²) in [6, 6.07) is 0.505. The lowest BCUT2D eigenvalue weighted by molar-refractivity contribution is -0.134. The van der Waals surface area contributed by atoms with E-state index in [1.54, 1.807) is 11.3 Å². The number of nitrogens with zero attached hydrogens (tertiary/aromatic N) is 4. The SMILES string of the molecule is Cc1nc(C)c(CC(=O)N2CCN3CCN(C)C[C@@H]3C2)s1. The zero-order valence-electron chi connectivity index (χ0n) is 13.1. The van der Waals surface area contributed by atoms with Gasteiger partial charge in [-0.1, -0.05) is 0 Å². The van der Waals surface area contributed by atoms with Crippen LogP contribution in [-0.2, 0) is 11.2 Å². The summed E-state index contributed by atoms with van der Waals surface area (Å²) in [5.41, 5.74) is 1.02. The largest absolute Gasteiger partial charge is 0.339 e. The molecule has 3 rings (SSSR count). The summed E-state index contributed by atoms with van der Waals surface area (Å²) in [6.45, 7) is 10.1. The van der Waals surface area contributed by atoms with Crippen LogP contribution in [0.2, 0.25) is 0 Å². The van der Waals surface area contributed by atoms with Crippen molar-refractivity contribution in [3.8, 4) is 0 Å². The van der Waals surface area contributed by atoms with Crippen LogP contribution in [0.1, 0.15) is 15.6 Å². The second-order valence-electron chi connectivity index (χ2n) is 6.21. The van der Waals surface area contributed by atoms with Crippen molar-refractivity contribution in [2.75, 3.05) is 46.3 Å². The number of hydrogen-bond acceptors (Lipinski definition) is 5. The molecule has 1 amide bonds. The van der Waals surface area contributed by atoms with Crippen LogP contribution in [0.25, 0.3) is 0 Å². The van der Waals surface area contributed by atoms with E-state index in [-0.39, 0.29) is 5.91 Å². The number of likely N-dealkylation sites (N-methyl/N-ethyl adjacent to an activating group) is 1. The number of hydrogen-bond donors (Lipinski definition) is 0. The van der Waals surface area contributed by atoms with Crippen molar-refractivity contribution >= 4 is 17.2 Å². The molecule has 2 saturated heterocycles. The van der Waals surface area contributed by atoms with Crippen LogP contribution in [0.5, 0.6) is 0 Å². The highest BCUT2D eigenvalue weighted by Crippen LogP contribution is 2.20. The number of thiazole rings is 1. The van der Waals surface area contributed by atoms with Crippen molar-refractivity contribution in [1.82, 2.24) is 19.7 Å². The van der Waals surface area contributed by atoms with Crippen LogP contribution in [0.3, 0.4) is 0 Å². The van der Waals surface area contributed by atoms with Gasteiger partial charge in [-0.3, -0.25) is 9.69 Å². The molecule has 6 heteroatoms. The van der Waals surface area contributed by atoms with Crippen molar-refractivity contribution in [2.45, 2.75) is 26.3 Å². The number of rotatable bonds is 2. The highest BCUT2D eigenvalue weighted by molar-refractivity contribution is 7.11. The van der Waals surface area contributed by atoms with E-state index in [1.165, 1.54) is 0 Å². The fourth-order valence-corrected chi connectivity index (χ4v) is 4.25. The maximum absolute atomic E-state index is 12.6. The molecule has 2 aliphatic heterocycles. The number of aromatic nitrogens is 1. The highest BCUT2D eigenvalue weighted by atomic mass is 32.1. The Morgan fingerprint density at radius 3 is 2.71 bits per heavy atom. The third-order valence-corrected chi connectivity index (χ3v) is 5.63. The molecule has 1 aromatic rings. The number of amides is 1. The lowest BCUT2D eigenvalue weighted by Gasteiger charge is -2.46. The number of carbonyl (C=O) groups excluding carboxylic acids is 1. The van der Waals surface area contributed by atoms with E-state index in [0.29, 0.717) is 12.5 Å². The molecule has 2 fully saturated rings. The van der Waals surface area contributed by atoms with Crippen molar-refractivity contribution in [1.29, 1.82) is 0 Å². The molecule has 21 heavy (non-hydrogen) atoms. The van der Waals surface area contributed by atoms with Crippen molar-refractivity contribution in [3.05, 3.63) is 15.6 Å². The zero-order chi connectivity index (χ0) is 15.0. The lowest BCUT2D eigenvalue weighted by Crippen LogP contribution is -2.62. The third-order valence-electron chi connectivity index (χ3n) is 4.56. The van der Waals surface area contributed by atoms with Crippen LogP contribution in [0.4, 0.5) is 0 Å². The summed E-state index contributed by atoms with van der Waals surface area (Å²) >= 11 is 1.65. The minimum atomic E-state index is 0.259. The van der Waals surface area contributed by atoms with Gasteiger partial charge in [0, 0.05) is 50.2 Å². The molecular weight excluding hydrogens is 284 g/mol. The van der Waals surface area contributed by atoms with Crippen molar-refractivity contribution < 1.29 is 4.79 Å². The number of fused-ring (bicyclic) bond motifs is 1. The Hall–Kier alpha value is -0.980. The van der Waals surface area contributed by atoms with Crippen molar-refractivity contribution in [3.63, 3.8) is 0 Å². The van der Waals surface area contributed by atoms with Gasteiger partial charge in [-0.25, -0.2) is 4.98 Å². The monoisotopic (exact) mass is 308 g/mol. The fourth-order valence-electron chi connectivity index (χ4n) is 3.32. The second-order valence-corrected chi connectivity index (χ2v) is 7.50. The first-order valence-electron chi connectivity index (χ1n) is 7.66. The van der Waals surface area contributed by atoms with E-state index in [9.17, 15) is 4.79 Å². The lowest BCUT2D eigenvalue weighted by atomic mass is 10.1. The van der Waals surface area contributed by atoms with Crippen LogP contribution >= 0.6 is 11.3 Å². The standard InChI is InChI=1S/C15H24N4OS/c1-11-14(21-12(2)16-11)8-15(20)19-7-6-18-5-4-17(3)9-13(18)10-19/h13H,4-10H2,1-3H3/t13-/m1/s1. The molecule has 0 saturated carbocycles. The molecule has 0 radical (unpaired) electrons. The Labute approximate surface area is 130 Å². The highest BCUT2D eigenvalue weighted by Gasteiger charge is 2.32. The summed E-state index contributed by atoms with van der Waals surface area (Å²) in [5, 5.41) is 1.05. The molecule has 5 nitrogen and oxygen atoms in total. The van der Waals surface area contributed by atoms with Gasteiger partial charge in [0.2, 0.25) is 5.91 Å². The molecule has 0 unspecified atom stereocenters. The first kappa shape index (κ1) is 14.9. The molecule has 3 heterocycles. The fraction of sp³-hybridized carbons (Fsp3) is 0.733. The summed E-state index contributed by atoms with van der Waals surface area (Å²) in [6.07, 6.45) is 0.514. The molecule has 1 atom stereocenters. The third kappa shape index (κ3) is 3.27. The Morgan fingerprint density at radius 2 is 2.00 bits per heavy atom. The number of aryl methyl sites for hydroxylation is 2. The van der Waals surface area contributed by atoms with Gasteiger partial charge < -0.3 is 9.80 Å². The van der Waals surface area contributed by atoms with Gasteiger partial charge >= 0.3 is 0 Å². The Bertz CT molecular complexity index is 530. The van der Waals surface area contributed by atoms with Gasteiger partial charge in [0.1, 0.15) is 0 Å². The first-order valence-corrected chi connectivity index (χ1v) is 8.48. The number of piperazine rings is 2. The Kier molecular flexibility index (Phi) is 4.28. The van der Waals surface area contributed by atoms with E-state index < -0.39 is 0 Å². The minimum Gasteiger partial charge on any atom is -0.339 e. The van der Waals surface area contributed by atoms with Crippen LogP contribution in [0.15, 0.2) is 0 Å². The second kappa shape index (κ2) is 6.02. The van der Waals surface area contributed by atoms with Crippen LogP contribution < -0.4 is 0 Å².